The first-order chi connectivity index (χ1) is 8.24. The lowest BCUT2D eigenvalue weighted by Gasteiger charge is -2.46. The highest BCUT2D eigenvalue weighted by atomic mass is 16.5. The number of quaternary nitrogens is 1. The van der Waals surface area contributed by atoms with E-state index in [9.17, 15) is 4.79 Å². The zero-order chi connectivity index (χ0) is 12.3. The number of hydrogen-bond acceptors (Lipinski definition) is 2. The molecule has 3 saturated heterocycles. The van der Waals surface area contributed by atoms with E-state index in [4.69, 9.17) is 4.74 Å². The number of amides is 1. The number of carbonyl (C=O) groups is 1. The van der Waals surface area contributed by atoms with Crippen molar-refractivity contribution in [3.05, 3.63) is 12.7 Å². The van der Waals surface area contributed by atoms with Crippen molar-refractivity contribution in [2.45, 2.75) is 18.9 Å². The molecule has 0 aromatic carbocycles. The van der Waals surface area contributed by atoms with Gasteiger partial charge in [-0.2, -0.15) is 0 Å². The summed E-state index contributed by atoms with van der Waals surface area (Å²) in [5, 5.41) is 2.96. The maximum atomic E-state index is 11.4. The number of nitrogens with one attached hydrogen (secondary N) is 2. The first-order valence-electron chi connectivity index (χ1n) is 6.47. The van der Waals surface area contributed by atoms with Gasteiger partial charge in [0, 0.05) is 25.9 Å². The number of carbonyl (C=O) groups excluding carboxylic acids is 1. The molecule has 3 rings (SSSR count). The molecule has 4 heteroatoms. The van der Waals surface area contributed by atoms with Crippen molar-refractivity contribution in [1.29, 1.82) is 0 Å². The molecule has 0 saturated carbocycles. The van der Waals surface area contributed by atoms with Crippen molar-refractivity contribution < 1.29 is 14.4 Å². The molecule has 0 aromatic rings. The van der Waals surface area contributed by atoms with Gasteiger partial charge in [0.1, 0.15) is 12.6 Å². The SMILES string of the molecule is C=C[C@H]1C[NH+]2CC[C@@H]1C[C@@H]2CNC(=O)COC. The standard InChI is InChI=1S/C13H22N2O2/c1-3-10-8-15-5-4-11(10)6-12(15)7-14-13(16)9-17-2/h3,10-12H,1,4-9H2,2H3,(H,14,16)/p+1/t10-,11+,12+/m0/s1. The van der Waals surface area contributed by atoms with Crippen molar-refractivity contribution >= 4 is 5.91 Å². The van der Waals surface area contributed by atoms with Crippen LogP contribution in [0.15, 0.2) is 12.7 Å². The smallest absolute Gasteiger partial charge is 0.246 e. The zero-order valence-electron chi connectivity index (χ0n) is 10.6. The van der Waals surface area contributed by atoms with E-state index in [0.29, 0.717) is 12.0 Å². The summed E-state index contributed by atoms with van der Waals surface area (Å²) in [6.07, 6.45) is 4.65. The molecular formula is C13H23N2O2+. The summed E-state index contributed by atoms with van der Waals surface area (Å²) >= 11 is 0. The molecule has 0 aromatic heterocycles. The lowest BCUT2D eigenvalue weighted by molar-refractivity contribution is -0.944. The summed E-state index contributed by atoms with van der Waals surface area (Å²) in [6.45, 7) is 7.33. The van der Waals surface area contributed by atoms with E-state index >= 15 is 0 Å². The number of rotatable bonds is 5. The molecule has 96 valence electrons. The van der Waals surface area contributed by atoms with Crippen LogP contribution in [0.3, 0.4) is 0 Å². The zero-order valence-corrected chi connectivity index (χ0v) is 10.6. The molecule has 4 nitrogen and oxygen atoms in total. The second-order valence-electron chi connectivity index (χ2n) is 5.23. The van der Waals surface area contributed by atoms with E-state index in [-0.39, 0.29) is 12.5 Å². The van der Waals surface area contributed by atoms with Gasteiger partial charge in [-0.05, 0) is 5.92 Å². The van der Waals surface area contributed by atoms with Gasteiger partial charge in [0.2, 0.25) is 5.91 Å². The molecule has 0 aliphatic carbocycles. The van der Waals surface area contributed by atoms with Crippen molar-refractivity contribution in [2.75, 3.05) is 33.4 Å². The van der Waals surface area contributed by atoms with Crippen molar-refractivity contribution in [3.8, 4) is 0 Å². The van der Waals surface area contributed by atoms with Gasteiger partial charge in [0.05, 0.1) is 19.6 Å². The van der Waals surface area contributed by atoms with Gasteiger partial charge in [0.25, 0.3) is 0 Å². The maximum absolute atomic E-state index is 11.4. The molecule has 17 heavy (non-hydrogen) atoms. The molecule has 3 aliphatic rings. The van der Waals surface area contributed by atoms with E-state index in [1.165, 1.54) is 25.9 Å². The Kier molecular flexibility index (Phi) is 4.18. The molecule has 3 fully saturated rings. The van der Waals surface area contributed by atoms with Crippen LogP contribution in [-0.4, -0.2) is 45.3 Å². The van der Waals surface area contributed by atoms with E-state index in [1.807, 2.05) is 0 Å². The topological polar surface area (TPSA) is 42.8 Å². The fourth-order valence-corrected chi connectivity index (χ4v) is 3.27. The summed E-state index contributed by atoms with van der Waals surface area (Å²) < 4.78 is 4.81. The first kappa shape index (κ1) is 12.6. The van der Waals surface area contributed by atoms with Crippen molar-refractivity contribution in [1.82, 2.24) is 5.32 Å². The molecule has 2 N–H and O–H groups in total. The lowest BCUT2D eigenvalue weighted by atomic mass is 9.75. The van der Waals surface area contributed by atoms with Crippen LogP contribution in [-0.2, 0) is 9.53 Å². The molecule has 0 radical (unpaired) electrons. The highest BCUT2D eigenvalue weighted by molar-refractivity contribution is 5.77. The minimum Gasteiger partial charge on any atom is -0.375 e. The Labute approximate surface area is 103 Å². The summed E-state index contributed by atoms with van der Waals surface area (Å²) in [7, 11) is 1.55. The van der Waals surface area contributed by atoms with Crippen LogP contribution in [0.25, 0.3) is 0 Å². The second kappa shape index (κ2) is 5.65. The highest BCUT2D eigenvalue weighted by Gasteiger charge is 2.42. The Balaban J connectivity index is 1.80. The third-order valence-corrected chi connectivity index (χ3v) is 4.23. The van der Waals surface area contributed by atoms with Gasteiger partial charge in [-0.25, -0.2) is 0 Å². The van der Waals surface area contributed by atoms with E-state index in [0.717, 1.165) is 12.5 Å². The molecule has 3 aliphatic heterocycles. The Morgan fingerprint density at radius 2 is 2.47 bits per heavy atom. The van der Waals surface area contributed by atoms with Crippen LogP contribution in [0.1, 0.15) is 12.8 Å². The van der Waals surface area contributed by atoms with Gasteiger partial charge in [-0.15, -0.1) is 6.58 Å². The van der Waals surface area contributed by atoms with Crippen LogP contribution in [0.2, 0.25) is 0 Å². The predicted molar refractivity (Wildman–Crippen MR) is 65.8 cm³/mol. The van der Waals surface area contributed by atoms with Crippen LogP contribution in [0, 0.1) is 11.8 Å². The third kappa shape index (κ3) is 2.87. The van der Waals surface area contributed by atoms with Crippen molar-refractivity contribution in [2.24, 2.45) is 11.8 Å². The largest absolute Gasteiger partial charge is 0.375 e. The molecule has 4 atom stereocenters. The predicted octanol–water partition coefficient (Wildman–Crippen LogP) is -0.772. The molecule has 2 bridgehead atoms. The Morgan fingerprint density at radius 3 is 3.06 bits per heavy atom. The lowest BCUT2D eigenvalue weighted by Crippen LogP contribution is -3.20. The van der Waals surface area contributed by atoms with Crippen LogP contribution in [0.4, 0.5) is 0 Å². The van der Waals surface area contributed by atoms with Crippen LogP contribution in [0.5, 0.6) is 0 Å². The second-order valence-corrected chi connectivity index (χ2v) is 5.23. The number of ether oxygens (including phenoxy) is 1. The number of fused-ring (bicyclic) bond motifs is 3. The Bertz CT molecular complexity index is 293. The first-order valence-corrected chi connectivity index (χ1v) is 6.47. The monoisotopic (exact) mass is 239 g/mol. The van der Waals surface area contributed by atoms with Gasteiger partial charge >= 0.3 is 0 Å². The van der Waals surface area contributed by atoms with Gasteiger partial charge in [0.15, 0.2) is 0 Å². The third-order valence-electron chi connectivity index (χ3n) is 4.23. The average molecular weight is 239 g/mol. The maximum Gasteiger partial charge on any atom is 0.246 e. The van der Waals surface area contributed by atoms with E-state index in [1.54, 1.807) is 12.0 Å². The van der Waals surface area contributed by atoms with Gasteiger partial charge in [-0.1, -0.05) is 6.08 Å². The minimum absolute atomic E-state index is 0.00480. The summed E-state index contributed by atoms with van der Waals surface area (Å²) in [5.74, 6) is 1.47. The van der Waals surface area contributed by atoms with Crippen molar-refractivity contribution in [3.63, 3.8) is 0 Å². The van der Waals surface area contributed by atoms with Gasteiger partial charge in [-0.3, -0.25) is 4.79 Å². The molecular weight excluding hydrogens is 216 g/mol. The number of methoxy groups -OCH3 is 1. The summed E-state index contributed by atoms with van der Waals surface area (Å²) in [6, 6.07) is 0.589. The summed E-state index contributed by atoms with van der Waals surface area (Å²) in [5.41, 5.74) is 0. The van der Waals surface area contributed by atoms with Gasteiger partial charge < -0.3 is 15.0 Å². The highest BCUT2D eigenvalue weighted by Crippen LogP contribution is 2.27. The van der Waals surface area contributed by atoms with E-state index in [2.05, 4.69) is 18.0 Å². The number of hydrogen-bond donors (Lipinski definition) is 2. The molecule has 0 spiro atoms. The summed E-state index contributed by atoms with van der Waals surface area (Å²) in [4.78, 5) is 13.0. The molecule has 1 amide bonds. The molecule has 1 unspecified atom stereocenters. The molecule has 3 heterocycles. The van der Waals surface area contributed by atoms with E-state index < -0.39 is 0 Å². The van der Waals surface area contributed by atoms with Crippen LogP contribution < -0.4 is 10.2 Å². The Hall–Kier alpha value is -0.870. The Morgan fingerprint density at radius 1 is 1.65 bits per heavy atom. The normalized spacial score (nSPS) is 35.6. The minimum atomic E-state index is -0.00480. The number of piperidine rings is 3. The van der Waals surface area contributed by atoms with Crippen LogP contribution >= 0.6 is 0 Å². The average Bonchev–Trinajstić information content (AvgIpc) is 2.37. The fourth-order valence-electron chi connectivity index (χ4n) is 3.27. The fraction of sp³-hybridized carbons (Fsp3) is 0.769. The quantitative estimate of drug-likeness (QED) is 0.619.